The van der Waals surface area contributed by atoms with Crippen LogP contribution in [0.15, 0.2) is 54.9 Å². The zero-order valence-electron chi connectivity index (χ0n) is 19.7. The molecule has 4 N–H and O–H groups in total. The molecule has 3 aromatic heterocycles. The summed E-state index contributed by atoms with van der Waals surface area (Å²) in [5.41, 5.74) is 10.8. The summed E-state index contributed by atoms with van der Waals surface area (Å²) >= 11 is 0. The Labute approximate surface area is 203 Å². The Morgan fingerprint density at radius 2 is 1.86 bits per heavy atom. The van der Waals surface area contributed by atoms with Gasteiger partial charge in [-0.25, -0.2) is 4.98 Å². The van der Waals surface area contributed by atoms with E-state index in [1.165, 1.54) is 11.4 Å². The fourth-order valence-corrected chi connectivity index (χ4v) is 5.11. The van der Waals surface area contributed by atoms with Gasteiger partial charge >= 0.3 is 0 Å². The number of hydrogen-bond acceptors (Lipinski definition) is 7. The number of carbonyl (C=O) groups is 1. The molecule has 1 saturated carbocycles. The maximum absolute atomic E-state index is 12.6. The maximum atomic E-state index is 12.6. The van der Waals surface area contributed by atoms with Crippen molar-refractivity contribution in [3.8, 4) is 22.4 Å². The number of aromatic nitrogens is 4. The Hall–Kier alpha value is -3.62. The lowest BCUT2D eigenvalue weighted by atomic mass is 9.75. The monoisotopic (exact) mass is 471 g/mol. The zero-order chi connectivity index (χ0) is 24.6. The Morgan fingerprint density at radius 1 is 1.11 bits per heavy atom. The minimum absolute atomic E-state index is 0.0125. The molecule has 0 spiro atoms. The van der Waals surface area contributed by atoms with Gasteiger partial charge in [0, 0.05) is 35.4 Å². The summed E-state index contributed by atoms with van der Waals surface area (Å²) in [5, 5.41) is 24.4. The van der Waals surface area contributed by atoms with E-state index in [1.807, 2.05) is 42.5 Å². The van der Waals surface area contributed by atoms with E-state index in [2.05, 4.69) is 10.1 Å². The van der Waals surface area contributed by atoms with Gasteiger partial charge in [0.25, 0.3) is 0 Å². The number of aliphatic hydroxyl groups excluding tert-OH is 1. The molecule has 35 heavy (non-hydrogen) atoms. The maximum Gasteiger partial charge on any atom is 0.165 e. The lowest BCUT2D eigenvalue weighted by molar-refractivity contribution is -0.0206. The molecule has 8 heteroatoms. The number of nitrogens with zero attached hydrogens (tertiary/aromatic N) is 4. The summed E-state index contributed by atoms with van der Waals surface area (Å²) in [5.74, 6) is 0.101. The number of pyridine rings is 1. The number of nitrogen functional groups attached to an aromatic ring is 1. The minimum Gasteiger partial charge on any atom is -0.396 e. The van der Waals surface area contributed by atoms with Crippen LogP contribution >= 0.6 is 0 Å². The third kappa shape index (κ3) is 4.31. The Morgan fingerprint density at radius 3 is 2.49 bits per heavy atom. The summed E-state index contributed by atoms with van der Waals surface area (Å²) in [4.78, 5) is 22.2. The molecular formula is C27H29N5O3. The van der Waals surface area contributed by atoms with Crippen molar-refractivity contribution in [2.24, 2.45) is 0 Å². The normalized spacial score (nSPS) is 20.3. The fourth-order valence-electron chi connectivity index (χ4n) is 5.11. The van der Waals surface area contributed by atoms with E-state index in [4.69, 9.17) is 10.7 Å². The molecule has 0 unspecified atom stereocenters. The highest BCUT2D eigenvalue weighted by Crippen LogP contribution is 2.41. The van der Waals surface area contributed by atoms with E-state index in [-0.39, 0.29) is 24.1 Å². The van der Waals surface area contributed by atoms with Crippen LogP contribution in [-0.4, -0.2) is 47.8 Å². The molecule has 0 bridgehead atoms. The molecule has 0 amide bonds. The van der Waals surface area contributed by atoms with Crippen LogP contribution in [0.5, 0.6) is 0 Å². The van der Waals surface area contributed by atoms with Crippen LogP contribution in [0.1, 0.15) is 61.0 Å². The van der Waals surface area contributed by atoms with Gasteiger partial charge in [-0.2, -0.15) is 9.61 Å². The van der Waals surface area contributed by atoms with E-state index >= 15 is 0 Å². The van der Waals surface area contributed by atoms with Crippen LogP contribution in [-0.2, 0) is 0 Å². The number of aliphatic hydroxyl groups is 2. The highest BCUT2D eigenvalue weighted by Gasteiger charge is 2.36. The van der Waals surface area contributed by atoms with E-state index in [9.17, 15) is 15.0 Å². The van der Waals surface area contributed by atoms with Crippen molar-refractivity contribution in [2.45, 2.75) is 50.5 Å². The Balaban J connectivity index is 1.54. The molecule has 0 aliphatic heterocycles. The standard InChI is InChI=1S/C27H29N5O3/c1-17(34)23-24(19-9-11-27(35,12-10-19)13-14-33)31-26-21(16-30-32(26)25(23)28)20-7-8-22(29-15-20)18-5-3-2-4-6-18/h2-8,15-16,19,33,35H,9-14,28H2,1H3/t19-,27+. The molecule has 1 fully saturated rings. The number of anilines is 1. The Kier molecular flexibility index (Phi) is 6.08. The number of fused-ring (bicyclic) bond motifs is 1. The van der Waals surface area contributed by atoms with Crippen molar-refractivity contribution in [1.82, 2.24) is 19.6 Å². The lowest BCUT2D eigenvalue weighted by Gasteiger charge is -2.36. The van der Waals surface area contributed by atoms with Crippen LogP contribution in [0.25, 0.3) is 28.0 Å². The van der Waals surface area contributed by atoms with Gasteiger partial charge in [0.05, 0.1) is 28.7 Å². The van der Waals surface area contributed by atoms with Gasteiger partial charge < -0.3 is 15.9 Å². The van der Waals surface area contributed by atoms with E-state index in [0.29, 0.717) is 49.0 Å². The van der Waals surface area contributed by atoms with Crippen molar-refractivity contribution in [1.29, 1.82) is 0 Å². The summed E-state index contributed by atoms with van der Waals surface area (Å²) < 4.78 is 1.52. The second-order valence-corrected chi connectivity index (χ2v) is 9.38. The second-order valence-electron chi connectivity index (χ2n) is 9.38. The number of benzene rings is 1. The molecule has 8 nitrogen and oxygen atoms in total. The van der Waals surface area contributed by atoms with Crippen molar-refractivity contribution in [3.05, 3.63) is 66.1 Å². The van der Waals surface area contributed by atoms with Crippen LogP contribution in [0.2, 0.25) is 0 Å². The molecule has 180 valence electrons. The first-order valence-electron chi connectivity index (χ1n) is 11.9. The molecule has 0 saturated heterocycles. The molecule has 1 aromatic carbocycles. The highest BCUT2D eigenvalue weighted by atomic mass is 16.3. The van der Waals surface area contributed by atoms with Crippen LogP contribution in [0, 0.1) is 0 Å². The number of nitrogens with two attached hydrogens (primary N) is 1. The number of carbonyl (C=O) groups excluding carboxylic acids is 1. The zero-order valence-corrected chi connectivity index (χ0v) is 19.7. The third-order valence-electron chi connectivity index (χ3n) is 7.09. The Bertz CT molecular complexity index is 1360. The predicted octanol–water partition coefficient (Wildman–Crippen LogP) is 4.01. The quantitative estimate of drug-likeness (QED) is 0.363. The molecule has 3 heterocycles. The van der Waals surface area contributed by atoms with Gasteiger partial charge in [0.1, 0.15) is 5.82 Å². The fraction of sp³-hybridized carbons (Fsp3) is 0.333. The minimum atomic E-state index is -0.870. The average Bonchev–Trinajstić information content (AvgIpc) is 3.29. The number of ketones is 1. The van der Waals surface area contributed by atoms with Crippen molar-refractivity contribution in [3.63, 3.8) is 0 Å². The number of Topliss-reactive ketones (excluding diaryl/α,β-unsaturated/α-hetero) is 1. The van der Waals surface area contributed by atoms with Gasteiger partial charge in [0.2, 0.25) is 0 Å². The number of hydrogen-bond donors (Lipinski definition) is 3. The highest BCUT2D eigenvalue weighted by molar-refractivity contribution is 6.00. The van der Waals surface area contributed by atoms with Crippen LogP contribution < -0.4 is 5.73 Å². The molecule has 0 radical (unpaired) electrons. The van der Waals surface area contributed by atoms with Crippen molar-refractivity contribution < 1.29 is 15.0 Å². The molecule has 5 rings (SSSR count). The van der Waals surface area contributed by atoms with Gasteiger partial charge in [-0.15, -0.1) is 0 Å². The summed E-state index contributed by atoms with van der Waals surface area (Å²) in [7, 11) is 0. The first kappa shape index (κ1) is 23.1. The first-order chi connectivity index (χ1) is 16.9. The van der Waals surface area contributed by atoms with Gasteiger partial charge in [-0.3, -0.25) is 9.78 Å². The summed E-state index contributed by atoms with van der Waals surface area (Å²) in [6.07, 6.45) is 6.26. The SMILES string of the molecule is CC(=O)c1c(N)n2ncc(-c3ccc(-c4ccccc4)nc3)c2nc1[C@H]1CC[C@](O)(CCO)CC1. The molecule has 1 aliphatic carbocycles. The van der Waals surface area contributed by atoms with Gasteiger partial charge in [0.15, 0.2) is 11.4 Å². The summed E-state index contributed by atoms with van der Waals surface area (Å²) in [6.45, 7) is 1.44. The van der Waals surface area contributed by atoms with Gasteiger partial charge in [-0.1, -0.05) is 36.4 Å². The number of rotatable bonds is 6. The first-order valence-corrected chi connectivity index (χ1v) is 11.9. The van der Waals surface area contributed by atoms with Crippen LogP contribution in [0.4, 0.5) is 5.82 Å². The van der Waals surface area contributed by atoms with Crippen molar-refractivity contribution in [2.75, 3.05) is 12.3 Å². The van der Waals surface area contributed by atoms with Gasteiger partial charge in [-0.05, 0) is 45.1 Å². The largest absolute Gasteiger partial charge is 0.396 e. The molecule has 4 aromatic rings. The third-order valence-corrected chi connectivity index (χ3v) is 7.09. The van der Waals surface area contributed by atoms with E-state index < -0.39 is 5.60 Å². The van der Waals surface area contributed by atoms with E-state index in [0.717, 1.165) is 22.4 Å². The average molecular weight is 472 g/mol. The lowest BCUT2D eigenvalue weighted by Crippen LogP contribution is -2.35. The molecule has 1 aliphatic rings. The predicted molar refractivity (Wildman–Crippen MR) is 134 cm³/mol. The second kappa shape index (κ2) is 9.20. The van der Waals surface area contributed by atoms with Crippen molar-refractivity contribution >= 4 is 17.2 Å². The molecule has 0 atom stereocenters. The summed E-state index contributed by atoms with van der Waals surface area (Å²) in [6, 6.07) is 13.9. The molecular weight excluding hydrogens is 442 g/mol. The topological polar surface area (TPSA) is 127 Å². The van der Waals surface area contributed by atoms with Crippen LogP contribution in [0.3, 0.4) is 0 Å². The smallest absolute Gasteiger partial charge is 0.165 e. The van der Waals surface area contributed by atoms with E-state index in [1.54, 1.807) is 12.4 Å².